The summed E-state index contributed by atoms with van der Waals surface area (Å²) in [5, 5.41) is 6.86. The zero-order chi connectivity index (χ0) is 27.3. The second kappa shape index (κ2) is 11.9. The first-order chi connectivity index (χ1) is 18.1. The molecule has 2 aromatic carbocycles. The molecule has 0 unspecified atom stereocenters. The van der Waals surface area contributed by atoms with Crippen LogP contribution in [0.3, 0.4) is 0 Å². The molecule has 0 spiro atoms. The minimum atomic E-state index is -0.665. The first kappa shape index (κ1) is 27.5. The number of rotatable bonds is 5. The summed E-state index contributed by atoms with van der Waals surface area (Å²) in [6, 6.07) is 14.9. The maximum atomic E-state index is 13.2. The molecule has 0 radical (unpaired) electrons. The van der Waals surface area contributed by atoms with Gasteiger partial charge in [-0.15, -0.1) is 11.3 Å². The number of aliphatic imine (C=N–C) groups is 1. The summed E-state index contributed by atoms with van der Waals surface area (Å²) in [5.41, 5.74) is 1.94. The molecule has 9 nitrogen and oxygen atoms in total. The molecular weight excluding hydrogens is 522 g/mol. The van der Waals surface area contributed by atoms with Gasteiger partial charge >= 0.3 is 6.09 Å². The van der Waals surface area contributed by atoms with Crippen molar-refractivity contribution in [1.82, 2.24) is 9.88 Å². The van der Waals surface area contributed by atoms with Crippen molar-refractivity contribution in [2.75, 3.05) is 30.5 Å². The smallest absolute Gasteiger partial charge is 0.412 e. The molecule has 200 valence electrons. The molecule has 1 aliphatic rings. The fourth-order valence-corrected chi connectivity index (χ4v) is 5.40. The van der Waals surface area contributed by atoms with Gasteiger partial charge in [-0.2, -0.15) is 0 Å². The van der Waals surface area contributed by atoms with Gasteiger partial charge < -0.3 is 19.7 Å². The summed E-state index contributed by atoms with van der Waals surface area (Å²) in [6.07, 6.45) is 2.11. The van der Waals surface area contributed by atoms with E-state index in [-0.39, 0.29) is 5.91 Å². The van der Waals surface area contributed by atoms with Gasteiger partial charge in [-0.1, -0.05) is 30.0 Å². The van der Waals surface area contributed by atoms with Crippen LogP contribution in [0.1, 0.15) is 41.1 Å². The van der Waals surface area contributed by atoms with E-state index in [1.165, 1.54) is 18.4 Å². The molecule has 11 heteroatoms. The molecule has 0 atom stereocenters. The predicted molar refractivity (Wildman–Crippen MR) is 154 cm³/mol. The third-order valence-electron chi connectivity index (χ3n) is 5.47. The molecule has 1 aromatic heterocycles. The molecule has 0 fully saturated rings. The summed E-state index contributed by atoms with van der Waals surface area (Å²) >= 11 is 2.97. The highest BCUT2D eigenvalue weighted by molar-refractivity contribution is 8.13. The van der Waals surface area contributed by atoms with E-state index >= 15 is 0 Å². The number of carbonyl (C=O) groups is 2. The summed E-state index contributed by atoms with van der Waals surface area (Å²) in [5.74, 6) is 0.178. The van der Waals surface area contributed by atoms with Crippen molar-refractivity contribution < 1.29 is 19.1 Å². The van der Waals surface area contributed by atoms with Gasteiger partial charge in [0.05, 0.1) is 36.4 Å². The van der Waals surface area contributed by atoms with E-state index in [1.807, 2.05) is 36.6 Å². The number of ether oxygens (including phenoxy) is 2. The Kier molecular flexibility index (Phi) is 8.58. The van der Waals surface area contributed by atoms with Gasteiger partial charge in [-0.3, -0.25) is 10.1 Å². The minimum absolute atomic E-state index is 0.351. The number of para-hydroxylation sites is 1. The molecule has 0 saturated heterocycles. The number of methoxy groups -OCH3 is 1. The third kappa shape index (κ3) is 7.05. The van der Waals surface area contributed by atoms with Gasteiger partial charge in [0.15, 0.2) is 10.2 Å². The Hall–Kier alpha value is -3.57. The van der Waals surface area contributed by atoms with E-state index in [2.05, 4.69) is 20.5 Å². The molecule has 0 aliphatic carbocycles. The second-order valence-corrected chi connectivity index (χ2v) is 11.3. The molecule has 2 N–H and O–H groups in total. The maximum absolute atomic E-state index is 13.2. The number of hydrogen-bond acceptors (Lipinski definition) is 8. The number of amides is 2. The second-order valence-electron chi connectivity index (χ2n) is 9.49. The number of aromatic nitrogens is 1. The normalized spacial score (nSPS) is 13.5. The summed E-state index contributed by atoms with van der Waals surface area (Å²) in [7, 11) is 1.53. The monoisotopic (exact) mass is 553 g/mol. The highest BCUT2D eigenvalue weighted by Gasteiger charge is 2.26. The van der Waals surface area contributed by atoms with E-state index < -0.39 is 11.7 Å². The van der Waals surface area contributed by atoms with Gasteiger partial charge in [0.1, 0.15) is 11.4 Å². The molecule has 2 heterocycles. The predicted octanol–water partition coefficient (Wildman–Crippen LogP) is 6.16. The van der Waals surface area contributed by atoms with Gasteiger partial charge in [0.25, 0.3) is 5.91 Å². The molecule has 2 amide bonds. The Balaban J connectivity index is 1.49. The molecule has 3 aromatic rings. The number of fused-ring (bicyclic) bond motifs is 1. The van der Waals surface area contributed by atoms with E-state index in [0.29, 0.717) is 28.7 Å². The van der Waals surface area contributed by atoms with Crippen LogP contribution in [0.2, 0.25) is 0 Å². The van der Waals surface area contributed by atoms with Crippen molar-refractivity contribution >= 4 is 57.3 Å². The third-order valence-corrected chi connectivity index (χ3v) is 7.27. The van der Waals surface area contributed by atoms with Crippen LogP contribution < -0.4 is 15.4 Å². The standard InChI is InChI=1S/C27H31N5O4S2/c1-27(2,3)36-26(34)31-21-15-18(35-4)11-12-19(21)29-23(33)24-30-20-13-14-32(16-22(20)38-24)25(37-5)28-17-9-7-6-8-10-17/h6-12,15H,13-14,16H2,1-5H3,(H,29,33)(H,31,34)/b28-25-. The van der Waals surface area contributed by atoms with Gasteiger partial charge in [0.2, 0.25) is 0 Å². The van der Waals surface area contributed by atoms with Crippen LogP contribution in [-0.4, -0.2) is 52.6 Å². The van der Waals surface area contributed by atoms with Crippen molar-refractivity contribution in [2.24, 2.45) is 4.99 Å². The van der Waals surface area contributed by atoms with E-state index in [9.17, 15) is 9.59 Å². The number of nitrogens with zero attached hydrogens (tertiary/aromatic N) is 3. The first-order valence-electron chi connectivity index (χ1n) is 12.1. The van der Waals surface area contributed by atoms with E-state index in [1.54, 1.807) is 50.7 Å². The van der Waals surface area contributed by atoms with Crippen LogP contribution in [0.4, 0.5) is 21.9 Å². The maximum Gasteiger partial charge on any atom is 0.412 e. The lowest BCUT2D eigenvalue weighted by molar-refractivity contribution is 0.0635. The zero-order valence-corrected chi connectivity index (χ0v) is 23.7. The number of thiazole rings is 1. The van der Waals surface area contributed by atoms with Crippen LogP contribution in [0.25, 0.3) is 0 Å². The lowest BCUT2D eigenvalue weighted by Gasteiger charge is -2.28. The van der Waals surface area contributed by atoms with E-state index in [0.717, 1.165) is 34.4 Å². The lowest BCUT2D eigenvalue weighted by Crippen LogP contribution is -2.33. The van der Waals surface area contributed by atoms with Crippen molar-refractivity contribution in [3.63, 3.8) is 0 Å². The quantitative estimate of drug-likeness (QED) is 0.288. The van der Waals surface area contributed by atoms with Crippen molar-refractivity contribution in [1.29, 1.82) is 0 Å². The van der Waals surface area contributed by atoms with Crippen LogP contribution in [0, 0.1) is 0 Å². The van der Waals surface area contributed by atoms with Crippen LogP contribution in [-0.2, 0) is 17.7 Å². The molecule has 1 aliphatic heterocycles. The average Bonchev–Trinajstić information content (AvgIpc) is 3.31. The van der Waals surface area contributed by atoms with E-state index in [4.69, 9.17) is 14.5 Å². The molecule has 4 rings (SSSR count). The highest BCUT2D eigenvalue weighted by atomic mass is 32.2. The Morgan fingerprint density at radius 1 is 1.11 bits per heavy atom. The summed E-state index contributed by atoms with van der Waals surface area (Å²) in [6.45, 7) is 6.75. The zero-order valence-electron chi connectivity index (χ0n) is 22.0. The Morgan fingerprint density at radius 2 is 1.87 bits per heavy atom. The number of benzene rings is 2. The van der Waals surface area contributed by atoms with Gasteiger partial charge in [-0.25, -0.2) is 14.8 Å². The number of nitrogens with one attached hydrogen (secondary N) is 2. The van der Waals surface area contributed by atoms with Crippen molar-refractivity contribution in [3.05, 3.63) is 64.1 Å². The Morgan fingerprint density at radius 3 is 2.55 bits per heavy atom. The van der Waals surface area contributed by atoms with Crippen molar-refractivity contribution in [2.45, 2.75) is 39.3 Å². The Labute approximate surface area is 230 Å². The van der Waals surface area contributed by atoms with Crippen LogP contribution >= 0.6 is 23.1 Å². The topological polar surface area (TPSA) is 105 Å². The number of amidine groups is 1. The van der Waals surface area contributed by atoms with Crippen LogP contribution in [0.5, 0.6) is 5.75 Å². The van der Waals surface area contributed by atoms with Gasteiger partial charge in [-0.05, 0) is 51.3 Å². The number of anilines is 2. The molecule has 38 heavy (non-hydrogen) atoms. The highest BCUT2D eigenvalue weighted by Crippen LogP contribution is 2.31. The van der Waals surface area contributed by atoms with Crippen molar-refractivity contribution in [3.8, 4) is 5.75 Å². The van der Waals surface area contributed by atoms with Crippen LogP contribution in [0.15, 0.2) is 53.5 Å². The summed E-state index contributed by atoms with van der Waals surface area (Å²) < 4.78 is 10.6. The number of carbonyl (C=O) groups excluding carboxylic acids is 2. The SMILES string of the molecule is COc1ccc(NC(=O)c2nc3c(s2)CN(/C(=N/c2ccccc2)SC)CC3)c(NC(=O)OC(C)(C)C)c1. The van der Waals surface area contributed by atoms with Gasteiger partial charge in [0, 0.05) is 23.9 Å². The molecule has 0 saturated carbocycles. The molecular formula is C27H31N5O4S2. The Bertz CT molecular complexity index is 1330. The summed E-state index contributed by atoms with van der Waals surface area (Å²) in [4.78, 5) is 38.2. The first-order valence-corrected chi connectivity index (χ1v) is 14.1. The number of hydrogen-bond donors (Lipinski definition) is 2. The minimum Gasteiger partial charge on any atom is -0.497 e. The number of thioether (sulfide) groups is 1. The average molecular weight is 554 g/mol. The fourth-order valence-electron chi connectivity index (χ4n) is 3.77. The fraction of sp³-hybridized carbons (Fsp3) is 0.333. The largest absolute Gasteiger partial charge is 0.497 e. The molecule has 0 bridgehead atoms. The lowest BCUT2D eigenvalue weighted by atomic mass is 10.2.